The Labute approximate surface area is 137 Å². The highest BCUT2D eigenvalue weighted by molar-refractivity contribution is 6.32. The smallest absolute Gasteiger partial charge is 0.238 e. The molecule has 1 fully saturated rings. The summed E-state index contributed by atoms with van der Waals surface area (Å²) in [5.41, 5.74) is 0.687. The van der Waals surface area contributed by atoms with E-state index in [1.54, 1.807) is 25.3 Å². The first kappa shape index (κ1) is 17.1. The Morgan fingerprint density at radius 2 is 2.27 bits per heavy atom. The molecule has 2 N–H and O–H groups in total. The van der Waals surface area contributed by atoms with Gasteiger partial charge in [-0.25, -0.2) is 0 Å². The van der Waals surface area contributed by atoms with Gasteiger partial charge in [0.2, 0.25) is 5.91 Å². The van der Waals surface area contributed by atoms with Crippen LogP contribution < -0.4 is 15.4 Å². The molecule has 1 atom stereocenters. The van der Waals surface area contributed by atoms with E-state index in [-0.39, 0.29) is 5.91 Å². The Balaban J connectivity index is 1.87. The van der Waals surface area contributed by atoms with Crippen LogP contribution in [0.2, 0.25) is 5.02 Å². The van der Waals surface area contributed by atoms with Crippen molar-refractivity contribution >= 4 is 23.2 Å². The fraction of sp³-hybridized carbons (Fsp3) is 0.562. The number of carbonyl (C=O) groups excluding carboxylic acids is 1. The summed E-state index contributed by atoms with van der Waals surface area (Å²) in [7, 11) is 3.58. The lowest BCUT2D eigenvalue weighted by molar-refractivity contribution is -0.117. The van der Waals surface area contributed by atoms with Crippen LogP contribution in [0.15, 0.2) is 18.2 Å². The van der Waals surface area contributed by atoms with Gasteiger partial charge in [0.15, 0.2) is 0 Å². The molecule has 22 heavy (non-hydrogen) atoms. The molecule has 122 valence electrons. The lowest BCUT2D eigenvalue weighted by Gasteiger charge is -2.26. The van der Waals surface area contributed by atoms with Crippen molar-refractivity contribution in [2.45, 2.75) is 25.3 Å². The van der Waals surface area contributed by atoms with Crippen molar-refractivity contribution in [1.29, 1.82) is 0 Å². The second kappa shape index (κ2) is 8.36. The number of nitrogens with zero attached hydrogens (tertiary/aromatic N) is 1. The number of amides is 1. The second-order valence-corrected chi connectivity index (χ2v) is 6.05. The number of anilines is 1. The van der Waals surface area contributed by atoms with Crippen LogP contribution in [0.4, 0.5) is 5.69 Å². The quantitative estimate of drug-likeness (QED) is 0.872. The van der Waals surface area contributed by atoms with E-state index in [2.05, 4.69) is 15.5 Å². The lowest BCUT2D eigenvalue weighted by atomic mass is 10.1. The summed E-state index contributed by atoms with van der Waals surface area (Å²) in [6, 6.07) is 5.70. The first-order valence-electron chi connectivity index (χ1n) is 7.64. The standard InChI is InChI=1S/C16H24ClN3O2/c1-20(13-4-3-8-18-9-7-13)11-16(21)19-12-5-6-15(22-2)14(17)10-12/h5-6,10,13,18H,3-4,7-9,11H2,1-2H3,(H,19,21). The molecule has 0 saturated carbocycles. The topological polar surface area (TPSA) is 53.6 Å². The normalized spacial score (nSPS) is 18.8. The third-order valence-corrected chi connectivity index (χ3v) is 4.29. The number of benzene rings is 1. The van der Waals surface area contributed by atoms with Crippen molar-refractivity contribution in [2.24, 2.45) is 0 Å². The molecule has 1 aromatic rings. The van der Waals surface area contributed by atoms with E-state index in [4.69, 9.17) is 16.3 Å². The monoisotopic (exact) mass is 325 g/mol. The molecule has 0 aliphatic carbocycles. The van der Waals surface area contributed by atoms with Gasteiger partial charge in [-0.2, -0.15) is 0 Å². The molecule has 6 heteroatoms. The highest BCUT2D eigenvalue weighted by atomic mass is 35.5. The van der Waals surface area contributed by atoms with Crippen molar-refractivity contribution in [3.8, 4) is 5.75 Å². The van der Waals surface area contributed by atoms with Crippen molar-refractivity contribution in [1.82, 2.24) is 10.2 Å². The maximum Gasteiger partial charge on any atom is 0.238 e. The maximum atomic E-state index is 12.2. The zero-order chi connectivity index (χ0) is 15.9. The number of likely N-dealkylation sites (N-methyl/N-ethyl adjacent to an activating group) is 1. The number of hydrogen-bond acceptors (Lipinski definition) is 4. The zero-order valence-electron chi connectivity index (χ0n) is 13.2. The number of carbonyl (C=O) groups is 1. The summed E-state index contributed by atoms with van der Waals surface area (Å²) in [5, 5.41) is 6.76. The highest BCUT2D eigenvalue weighted by Gasteiger charge is 2.18. The van der Waals surface area contributed by atoms with Gasteiger partial charge in [0.25, 0.3) is 0 Å². The van der Waals surface area contributed by atoms with Gasteiger partial charge < -0.3 is 15.4 Å². The van der Waals surface area contributed by atoms with E-state index < -0.39 is 0 Å². The van der Waals surface area contributed by atoms with Crippen LogP contribution in [-0.2, 0) is 4.79 Å². The average Bonchev–Trinajstić information content (AvgIpc) is 2.76. The summed E-state index contributed by atoms with van der Waals surface area (Å²) < 4.78 is 5.10. The van der Waals surface area contributed by atoms with Crippen LogP contribution >= 0.6 is 11.6 Å². The van der Waals surface area contributed by atoms with Gasteiger partial charge in [-0.15, -0.1) is 0 Å². The van der Waals surface area contributed by atoms with Crippen LogP contribution in [0.3, 0.4) is 0 Å². The van der Waals surface area contributed by atoms with Gasteiger partial charge in [-0.1, -0.05) is 11.6 Å². The van der Waals surface area contributed by atoms with E-state index in [0.717, 1.165) is 32.4 Å². The van der Waals surface area contributed by atoms with Gasteiger partial charge >= 0.3 is 0 Å². The van der Waals surface area contributed by atoms with Gasteiger partial charge in [-0.05, 0) is 57.6 Å². The van der Waals surface area contributed by atoms with Crippen LogP contribution in [0, 0.1) is 0 Å². The minimum atomic E-state index is -0.0269. The Morgan fingerprint density at radius 1 is 1.45 bits per heavy atom. The summed E-state index contributed by atoms with van der Waals surface area (Å²) in [4.78, 5) is 14.3. The van der Waals surface area contributed by atoms with Crippen molar-refractivity contribution in [2.75, 3.05) is 39.1 Å². The largest absolute Gasteiger partial charge is 0.495 e. The fourth-order valence-corrected chi connectivity index (χ4v) is 3.00. The molecule has 0 radical (unpaired) electrons. The third kappa shape index (κ3) is 4.87. The number of ether oxygens (including phenoxy) is 1. The predicted molar refractivity (Wildman–Crippen MR) is 89.8 cm³/mol. The second-order valence-electron chi connectivity index (χ2n) is 5.65. The molecule has 1 heterocycles. The molecule has 1 unspecified atom stereocenters. The molecule has 0 spiro atoms. The lowest BCUT2D eigenvalue weighted by Crippen LogP contribution is -2.38. The van der Waals surface area contributed by atoms with Crippen LogP contribution in [0.25, 0.3) is 0 Å². The van der Waals surface area contributed by atoms with Crippen molar-refractivity contribution in [3.63, 3.8) is 0 Å². The minimum absolute atomic E-state index is 0.0269. The first-order chi connectivity index (χ1) is 10.6. The van der Waals surface area contributed by atoms with Crippen LogP contribution in [0.1, 0.15) is 19.3 Å². The molecule has 1 amide bonds. The molecule has 1 aliphatic rings. The third-order valence-electron chi connectivity index (χ3n) is 4.00. The molecular formula is C16H24ClN3O2. The zero-order valence-corrected chi connectivity index (χ0v) is 13.9. The van der Waals surface area contributed by atoms with E-state index in [1.807, 2.05) is 7.05 Å². The Kier molecular flexibility index (Phi) is 6.49. The van der Waals surface area contributed by atoms with Gasteiger partial charge in [0.05, 0.1) is 18.7 Å². The van der Waals surface area contributed by atoms with Crippen molar-refractivity contribution in [3.05, 3.63) is 23.2 Å². The van der Waals surface area contributed by atoms with Gasteiger partial charge in [0, 0.05) is 11.7 Å². The van der Waals surface area contributed by atoms with Gasteiger partial charge in [0.1, 0.15) is 5.75 Å². The van der Waals surface area contributed by atoms with Gasteiger partial charge in [-0.3, -0.25) is 9.69 Å². The average molecular weight is 326 g/mol. The predicted octanol–water partition coefficient (Wildman–Crippen LogP) is 2.36. The number of hydrogen-bond donors (Lipinski definition) is 2. The Bertz CT molecular complexity index is 502. The van der Waals surface area contributed by atoms with E-state index in [9.17, 15) is 4.79 Å². The molecule has 1 aliphatic heterocycles. The highest BCUT2D eigenvalue weighted by Crippen LogP contribution is 2.27. The number of rotatable bonds is 5. The van der Waals surface area contributed by atoms with Crippen LogP contribution in [-0.4, -0.2) is 50.6 Å². The van der Waals surface area contributed by atoms with E-state index in [0.29, 0.717) is 29.0 Å². The summed E-state index contributed by atoms with van der Waals surface area (Å²) in [6.07, 6.45) is 3.37. The molecule has 5 nitrogen and oxygen atoms in total. The Morgan fingerprint density at radius 3 is 3.00 bits per heavy atom. The number of halogens is 1. The number of nitrogens with one attached hydrogen (secondary N) is 2. The minimum Gasteiger partial charge on any atom is -0.495 e. The van der Waals surface area contributed by atoms with Crippen LogP contribution in [0.5, 0.6) is 5.75 Å². The van der Waals surface area contributed by atoms with Crippen molar-refractivity contribution < 1.29 is 9.53 Å². The molecule has 0 aromatic heterocycles. The molecule has 2 rings (SSSR count). The summed E-state index contributed by atoms with van der Waals surface area (Å²) in [6.45, 7) is 2.47. The van der Waals surface area contributed by atoms with E-state index in [1.165, 1.54) is 0 Å². The van der Waals surface area contributed by atoms with E-state index >= 15 is 0 Å². The summed E-state index contributed by atoms with van der Waals surface area (Å²) in [5.74, 6) is 0.573. The molecule has 1 saturated heterocycles. The maximum absolute atomic E-state index is 12.2. The fourth-order valence-electron chi connectivity index (χ4n) is 2.74. The molecular weight excluding hydrogens is 302 g/mol. The molecule has 1 aromatic carbocycles. The SMILES string of the molecule is COc1ccc(NC(=O)CN(C)C2CCCNCC2)cc1Cl. The first-order valence-corrected chi connectivity index (χ1v) is 8.02. The Hall–Kier alpha value is -1.30. The molecule has 0 bridgehead atoms. The summed E-state index contributed by atoms with van der Waals surface area (Å²) >= 11 is 6.06. The number of methoxy groups -OCH3 is 1.